The fourth-order valence-electron chi connectivity index (χ4n) is 5.64. The minimum Gasteiger partial charge on any atom is -0.368 e. The van der Waals surface area contributed by atoms with E-state index >= 15 is 0 Å². The Morgan fingerprint density at radius 1 is 0.765 bits per heavy atom. The summed E-state index contributed by atoms with van der Waals surface area (Å²) >= 11 is 0. The molecule has 6 rings (SSSR count). The predicted octanol–water partition coefficient (Wildman–Crippen LogP) is 3.21. The van der Waals surface area contributed by atoms with Crippen LogP contribution in [0.1, 0.15) is 5.56 Å². The van der Waals surface area contributed by atoms with Crippen molar-refractivity contribution in [3.63, 3.8) is 0 Å². The molecular formula is C27H24N4O3. The van der Waals surface area contributed by atoms with Gasteiger partial charge in [0.2, 0.25) is 5.91 Å². The van der Waals surface area contributed by atoms with E-state index in [-0.39, 0.29) is 6.42 Å². The third kappa shape index (κ3) is 2.93. The zero-order chi connectivity index (χ0) is 23.3. The summed E-state index contributed by atoms with van der Waals surface area (Å²) in [5.74, 6) is -0.985. The molecule has 3 aliphatic rings. The van der Waals surface area contributed by atoms with Gasteiger partial charge in [0.25, 0.3) is 5.91 Å². The highest BCUT2D eigenvalue weighted by molar-refractivity contribution is 6.30. The molecule has 0 unspecified atom stereocenters. The number of rotatable bonds is 2. The van der Waals surface area contributed by atoms with Crippen LogP contribution in [0.5, 0.6) is 0 Å². The van der Waals surface area contributed by atoms with Gasteiger partial charge in [-0.25, -0.2) is 9.69 Å². The van der Waals surface area contributed by atoms with Gasteiger partial charge >= 0.3 is 6.03 Å². The molecule has 0 aromatic heterocycles. The first-order chi connectivity index (χ1) is 16.6. The van der Waals surface area contributed by atoms with Gasteiger partial charge in [0, 0.05) is 31.0 Å². The molecule has 7 nitrogen and oxygen atoms in total. The Balaban J connectivity index is 1.49. The normalized spacial score (nSPS) is 24.1. The highest BCUT2D eigenvalue weighted by Gasteiger charge is 2.63. The molecule has 0 aliphatic carbocycles. The highest BCUT2D eigenvalue weighted by Crippen LogP contribution is 2.46. The number of carbonyl (C=O) groups excluding carboxylic acids is 3. The molecule has 34 heavy (non-hydrogen) atoms. The molecule has 2 saturated heterocycles. The van der Waals surface area contributed by atoms with E-state index in [2.05, 4.69) is 21.2 Å². The maximum Gasteiger partial charge on any atom is 0.335 e. The Morgan fingerprint density at radius 3 is 2.15 bits per heavy atom. The first-order valence-corrected chi connectivity index (χ1v) is 11.5. The van der Waals surface area contributed by atoms with Crippen molar-refractivity contribution < 1.29 is 14.4 Å². The minimum absolute atomic E-state index is 0.244. The van der Waals surface area contributed by atoms with Gasteiger partial charge in [-0.2, -0.15) is 0 Å². The molecule has 0 saturated carbocycles. The molecule has 7 heteroatoms. The van der Waals surface area contributed by atoms with Gasteiger partial charge in [-0.1, -0.05) is 54.6 Å². The second-order valence-corrected chi connectivity index (χ2v) is 9.00. The minimum atomic E-state index is -1.43. The van der Waals surface area contributed by atoms with Crippen molar-refractivity contribution >= 4 is 34.9 Å². The van der Waals surface area contributed by atoms with E-state index < -0.39 is 29.3 Å². The third-order valence-electron chi connectivity index (χ3n) is 7.27. The summed E-state index contributed by atoms with van der Waals surface area (Å²) in [4.78, 5) is 46.3. The Labute approximate surface area is 197 Å². The van der Waals surface area contributed by atoms with Crippen molar-refractivity contribution in [2.75, 3.05) is 34.3 Å². The standard InChI is InChI=1S/C27H24N4O3/c32-24-27(25(33)31(26(34)28-24)21-12-5-2-6-13-21)17-19-9-7-8-14-22(19)30-16-15-29(18-23(27)30)20-10-3-1-4-11-20/h1-14,23H,15-18H2,(H,28,32,34)/t23-,27+/m1/s1. The van der Waals surface area contributed by atoms with Crippen LogP contribution in [0.4, 0.5) is 21.9 Å². The molecule has 2 atom stereocenters. The second kappa shape index (κ2) is 7.73. The first-order valence-electron chi connectivity index (χ1n) is 11.5. The number of piperazine rings is 1. The second-order valence-electron chi connectivity index (χ2n) is 9.00. The summed E-state index contributed by atoms with van der Waals surface area (Å²) in [5, 5.41) is 2.52. The number of imide groups is 2. The van der Waals surface area contributed by atoms with E-state index in [1.54, 1.807) is 24.3 Å². The summed E-state index contributed by atoms with van der Waals surface area (Å²) < 4.78 is 0. The summed E-state index contributed by atoms with van der Waals surface area (Å²) in [5.41, 5.74) is 2.08. The molecule has 1 N–H and O–H groups in total. The largest absolute Gasteiger partial charge is 0.368 e. The Hall–Kier alpha value is -4.13. The van der Waals surface area contributed by atoms with Crippen LogP contribution in [-0.2, 0) is 16.0 Å². The summed E-state index contributed by atoms with van der Waals surface area (Å²) in [6, 6.07) is 25.7. The van der Waals surface area contributed by atoms with Crippen molar-refractivity contribution in [2.24, 2.45) is 5.41 Å². The summed E-state index contributed by atoms with van der Waals surface area (Å²) in [6.45, 7) is 1.93. The average Bonchev–Trinajstić information content (AvgIpc) is 2.88. The van der Waals surface area contributed by atoms with E-state index in [1.165, 1.54) is 0 Å². The molecule has 1 spiro atoms. The van der Waals surface area contributed by atoms with Gasteiger partial charge in [-0.3, -0.25) is 14.9 Å². The number of fused-ring (bicyclic) bond motifs is 4. The lowest BCUT2D eigenvalue weighted by molar-refractivity contribution is -0.144. The topological polar surface area (TPSA) is 73.0 Å². The average molecular weight is 453 g/mol. The maximum absolute atomic E-state index is 14.2. The number of nitrogens with zero attached hydrogens (tertiary/aromatic N) is 3. The number of nitrogens with one attached hydrogen (secondary N) is 1. The van der Waals surface area contributed by atoms with Crippen molar-refractivity contribution in [3.05, 3.63) is 90.5 Å². The van der Waals surface area contributed by atoms with Gasteiger partial charge in [-0.15, -0.1) is 0 Å². The lowest BCUT2D eigenvalue weighted by Gasteiger charge is -2.55. The Bertz CT molecular complexity index is 1280. The zero-order valence-corrected chi connectivity index (χ0v) is 18.6. The van der Waals surface area contributed by atoms with E-state index in [0.29, 0.717) is 18.8 Å². The van der Waals surface area contributed by atoms with Crippen LogP contribution in [0.25, 0.3) is 0 Å². The Morgan fingerprint density at radius 2 is 1.41 bits per heavy atom. The molecule has 0 radical (unpaired) electrons. The van der Waals surface area contributed by atoms with Crippen LogP contribution in [0.15, 0.2) is 84.9 Å². The lowest BCUT2D eigenvalue weighted by Crippen LogP contribution is -2.75. The van der Waals surface area contributed by atoms with Crippen LogP contribution < -0.4 is 20.0 Å². The molecular weight excluding hydrogens is 428 g/mol. The van der Waals surface area contributed by atoms with Gasteiger partial charge in [0.15, 0.2) is 5.41 Å². The van der Waals surface area contributed by atoms with Gasteiger partial charge in [0.05, 0.1) is 11.7 Å². The molecule has 0 bridgehead atoms. The molecule has 3 aromatic carbocycles. The molecule has 3 aliphatic heterocycles. The van der Waals surface area contributed by atoms with Crippen molar-refractivity contribution in [3.8, 4) is 0 Å². The van der Waals surface area contributed by atoms with Crippen LogP contribution in [0, 0.1) is 5.41 Å². The number of hydrogen-bond donors (Lipinski definition) is 1. The number of amides is 4. The van der Waals surface area contributed by atoms with Gasteiger partial charge in [-0.05, 0) is 42.3 Å². The van der Waals surface area contributed by atoms with Crippen LogP contribution in [0.3, 0.4) is 0 Å². The van der Waals surface area contributed by atoms with Gasteiger partial charge in [0.1, 0.15) is 0 Å². The van der Waals surface area contributed by atoms with Crippen molar-refractivity contribution in [1.82, 2.24) is 5.32 Å². The van der Waals surface area contributed by atoms with E-state index in [1.807, 2.05) is 54.6 Å². The molecule has 3 heterocycles. The lowest BCUT2D eigenvalue weighted by atomic mass is 9.67. The molecule has 3 aromatic rings. The monoisotopic (exact) mass is 452 g/mol. The van der Waals surface area contributed by atoms with Crippen LogP contribution in [-0.4, -0.2) is 43.5 Å². The number of barbiturate groups is 1. The number of hydrogen-bond acceptors (Lipinski definition) is 5. The van der Waals surface area contributed by atoms with Crippen LogP contribution in [0.2, 0.25) is 0 Å². The number of urea groups is 1. The Kier molecular flexibility index (Phi) is 4.65. The number of para-hydroxylation sites is 3. The third-order valence-corrected chi connectivity index (χ3v) is 7.27. The van der Waals surface area contributed by atoms with Crippen molar-refractivity contribution in [2.45, 2.75) is 12.5 Å². The van der Waals surface area contributed by atoms with Crippen molar-refractivity contribution in [1.29, 1.82) is 0 Å². The smallest absolute Gasteiger partial charge is 0.335 e. The predicted molar refractivity (Wildman–Crippen MR) is 130 cm³/mol. The number of carbonyl (C=O) groups is 3. The van der Waals surface area contributed by atoms with E-state index in [9.17, 15) is 14.4 Å². The molecule has 170 valence electrons. The fourth-order valence-corrected chi connectivity index (χ4v) is 5.64. The quantitative estimate of drug-likeness (QED) is 0.605. The molecule has 4 amide bonds. The number of benzene rings is 3. The molecule has 2 fully saturated rings. The maximum atomic E-state index is 14.2. The summed E-state index contributed by atoms with van der Waals surface area (Å²) in [6.07, 6.45) is 0.244. The highest BCUT2D eigenvalue weighted by atomic mass is 16.2. The van der Waals surface area contributed by atoms with E-state index in [4.69, 9.17) is 0 Å². The first kappa shape index (κ1) is 20.5. The number of anilines is 3. The summed E-state index contributed by atoms with van der Waals surface area (Å²) in [7, 11) is 0. The van der Waals surface area contributed by atoms with E-state index in [0.717, 1.165) is 28.4 Å². The zero-order valence-electron chi connectivity index (χ0n) is 18.6. The SMILES string of the molecule is O=C1NC(=O)[C@@]2(Cc3ccccc3N3CCN(c4ccccc4)C[C@@H]32)C(=O)N1c1ccccc1. The fraction of sp³-hybridized carbons (Fsp3) is 0.222. The van der Waals surface area contributed by atoms with Gasteiger partial charge < -0.3 is 9.80 Å². The van der Waals surface area contributed by atoms with Crippen LogP contribution >= 0.6 is 0 Å².